The average Bonchev–Trinajstić information content (AvgIpc) is 2.53. The van der Waals surface area contributed by atoms with Crippen molar-refractivity contribution in [3.8, 4) is 0 Å². The molecule has 0 spiro atoms. The molecule has 2 rings (SSSR count). The van der Waals surface area contributed by atoms with Crippen LogP contribution in [0.25, 0.3) is 0 Å². The smallest absolute Gasteiger partial charge is 0.224 e. The predicted octanol–water partition coefficient (Wildman–Crippen LogP) is 3.03. The molecule has 1 amide bonds. The molecule has 0 bridgehead atoms. The summed E-state index contributed by atoms with van der Waals surface area (Å²) < 4.78 is 25.1. The highest BCUT2D eigenvalue weighted by molar-refractivity contribution is 7.91. The molecule has 0 unspecified atom stereocenters. The zero-order valence-electron chi connectivity index (χ0n) is 13.9. The number of rotatable bonds is 7. The molecular formula is C17H27ClN2O3S. The molecule has 1 aromatic rings. The van der Waals surface area contributed by atoms with Crippen LogP contribution in [-0.2, 0) is 20.4 Å². The second-order valence-corrected chi connectivity index (χ2v) is 8.49. The van der Waals surface area contributed by atoms with Gasteiger partial charge in [-0.3, -0.25) is 4.79 Å². The third-order valence-electron chi connectivity index (χ3n) is 4.25. The molecule has 0 aliphatic heterocycles. The minimum Gasteiger partial charge on any atom is -0.330 e. The molecule has 1 saturated carbocycles. The van der Waals surface area contributed by atoms with Gasteiger partial charge in [0.05, 0.1) is 11.0 Å². The summed E-state index contributed by atoms with van der Waals surface area (Å²) in [4.78, 5) is 11.7. The molecule has 3 N–H and O–H groups in total. The minimum atomic E-state index is -3.13. The standard InChI is InChI=1S/C17H26N2O3S.ClH/c18-11-5-10-17(20)19-15-7-4-6-14(12-15)13-23(21,22)16-8-2-1-3-9-16;/h4,6-7,12,16H,1-3,5,8-11,13,18H2,(H,19,20);1H. The number of hydrogen-bond donors (Lipinski definition) is 2. The SMILES string of the molecule is Cl.NCCCC(=O)Nc1cccc(CS(=O)(=O)C2CCCCC2)c1. The topological polar surface area (TPSA) is 89.3 Å². The van der Waals surface area contributed by atoms with E-state index < -0.39 is 9.84 Å². The molecule has 0 radical (unpaired) electrons. The van der Waals surface area contributed by atoms with Crippen LogP contribution in [0.2, 0.25) is 0 Å². The number of benzene rings is 1. The molecule has 0 aromatic heterocycles. The minimum absolute atomic E-state index is 0. The number of nitrogens with one attached hydrogen (secondary N) is 1. The largest absolute Gasteiger partial charge is 0.330 e. The van der Waals surface area contributed by atoms with Crippen LogP contribution in [0.4, 0.5) is 5.69 Å². The Morgan fingerprint density at radius 3 is 2.58 bits per heavy atom. The van der Waals surface area contributed by atoms with E-state index in [1.165, 1.54) is 0 Å². The van der Waals surface area contributed by atoms with E-state index in [2.05, 4.69) is 5.32 Å². The van der Waals surface area contributed by atoms with Crippen molar-refractivity contribution in [3.63, 3.8) is 0 Å². The predicted molar refractivity (Wildman–Crippen MR) is 100 cm³/mol. The quantitative estimate of drug-likeness (QED) is 0.767. The Morgan fingerprint density at radius 1 is 1.21 bits per heavy atom. The molecule has 1 aliphatic carbocycles. The third-order valence-corrected chi connectivity index (χ3v) is 6.47. The van der Waals surface area contributed by atoms with Crippen LogP contribution in [0.3, 0.4) is 0 Å². The maximum Gasteiger partial charge on any atom is 0.224 e. The summed E-state index contributed by atoms with van der Waals surface area (Å²) in [6.45, 7) is 0.479. The summed E-state index contributed by atoms with van der Waals surface area (Å²) in [6, 6.07) is 7.11. The van der Waals surface area contributed by atoms with Crippen molar-refractivity contribution in [1.82, 2.24) is 0 Å². The zero-order chi connectivity index (χ0) is 16.7. The third kappa shape index (κ3) is 6.42. The number of sulfone groups is 1. The van der Waals surface area contributed by atoms with E-state index in [0.29, 0.717) is 25.1 Å². The van der Waals surface area contributed by atoms with Crippen molar-refractivity contribution >= 4 is 33.8 Å². The zero-order valence-corrected chi connectivity index (χ0v) is 15.5. The normalized spacial score (nSPS) is 15.5. The molecule has 136 valence electrons. The van der Waals surface area contributed by atoms with E-state index in [4.69, 9.17) is 5.73 Å². The highest BCUT2D eigenvalue weighted by Gasteiger charge is 2.27. The lowest BCUT2D eigenvalue weighted by Gasteiger charge is -2.21. The lowest BCUT2D eigenvalue weighted by atomic mass is 10.0. The summed E-state index contributed by atoms with van der Waals surface area (Å²) in [7, 11) is -3.13. The van der Waals surface area contributed by atoms with Crippen LogP contribution < -0.4 is 11.1 Å². The fourth-order valence-corrected chi connectivity index (χ4v) is 4.93. The van der Waals surface area contributed by atoms with E-state index >= 15 is 0 Å². The van der Waals surface area contributed by atoms with Crippen molar-refractivity contribution in [2.45, 2.75) is 55.9 Å². The molecule has 7 heteroatoms. The van der Waals surface area contributed by atoms with Gasteiger partial charge in [0.2, 0.25) is 5.91 Å². The van der Waals surface area contributed by atoms with E-state index in [9.17, 15) is 13.2 Å². The van der Waals surface area contributed by atoms with Crippen molar-refractivity contribution < 1.29 is 13.2 Å². The highest BCUT2D eigenvalue weighted by atomic mass is 35.5. The highest BCUT2D eigenvalue weighted by Crippen LogP contribution is 2.26. The van der Waals surface area contributed by atoms with Crippen LogP contribution in [-0.4, -0.2) is 26.1 Å². The number of carbonyl (C=O) groups excluding carboxylic acids is 1. The lowest BCUT2D eigenvalue weighted by Crippen LogP contribution is -2.25. The Bertz CT molecular complexity index is 628. The van der Waals surface area contributed by atoms with Gasteiger partial charge in [-0.15, -0.1) is 12.4 Å². The summed E-state index contributed by atoms with van der Waals surface area (Å²) >= 11 is 0. The number of halogens is 1. The van der Waals surface area contributed by atoms with Gasteiger partial charge in [-0.25, -0.2) is 8.42 Å². The lowest BCUT2D eigenvalue weighted by molar-refractivity contribution is -0.116. The van der Waals surface area contributed by atoms with Gasteiger partial charge in [0, 0.05) is 12.1 Å². The number of amides is 1. The summed E-state index contributed by atoms with van der Waals surface area (Å²) in [5, 5.41) is 2.58. The molecule has 0 saturated heterocycles. The maximum absolute atomic E-state index is 12.5. The number of anilines is 1. The van der Waals surface area contributed by atoms with Gasteiger partial charge in [-0.1, -0.05) is 31.4 Å². The van der Waals surface area contributed by atoms with Crippen LogP contribution >= 0.6 is 12.4 Å². The van der Waals surface area contributed by atoms with Crippen molar-refractivity contribution in [1.29, 1.82) is 0 Å². The Morgan fingerprint density at radius 2 is 1.92 bits per heavy atom. The monoisotopic (exact) mass is 374 g/mol. The molecule has 0 heterocycles. The van der Waals surface area contributed by atoms with Gasteiger partial charge in [0.25, 0.3) is 0 Å². The molecule has 1 fully saturated rings. The summed E-state index contributed by atoms with van der Waals surface area (Å²) in [6.07, 6.45) is 5.71. The molecule has 24 heavy (non-hydrogen) atoms. The Labute approximate surface area is 150 Å². The molecule has 5 nitrogen and oxygen atoms in total. The average molecular weight is 375 g/mol. The van der Waals surface area contributed by atoms with Gasteiger partial charge < -0.3 is 11.1 Å². The van der Waals surface area contributed by atoms with Gasteiger partial charge in [0.15, 0.2) is 9.84 Å². The van der Waals surface area contributed by atoms with Crippen LogP contribution in [0.1, 0.15) is 50.5 Å². The second kappa shape index (κ2) is 10.0. The number of nitrogens with two attached hydrogens (primary N) is 1. The Balaban J connectivity index is 0.00000288. The van der Waals surface area contributed by atoms with Crippen LogP contribution in [0, 0.1) is 0 Å². The summed E-state index contributed by atoms with van der Waals surface area (Å²) in [5.41, 5.74) is 6.76. The van der Waals surface area contributed by atoms with Crippen molar-refractivity contribution in [2.24, 2.45) is 5.73 Å². The van der Waals surface area contributed by atoms with Crippen molar-refractivity contribution in [3.05, 3.63) is 29.8 Å². The van der Waals surface area contributed by atoms with Crippen LogP contribution in [0.5, 0.6) is 0 Å². The fraction of sp³-hybridized carbons (Fsp3) is 0.588. The first-order chi connectivity index (χ1) is 11.0. The summed E-state index contributed by atoms with van der Waals surface area (Å²) in [5.74, 6) is -0.0489. The fourth-order valence-electron chi connectivity index (χ4n) is 3.00. The molecule has 0 atom stereocenters. The number of carbonyl (C=O) groups is 1. The second-order valence-electron chi connectivity index (χ2n) is 6.21. The van der Waals surface area contributed by atoms with Crippen LogP contribution in [0.15, 0.2) is 24.3 Å². The van der Waals surface area contributed by atoms with Gasteiger partial charge >= 0.3 is 0 Å². The first-order valence-electron chi connectivity index (χ1n) is 8.32. The maximum atomic E-state index is 12.5. The van der Waals surface area contributed by atoms with Gasteiger partial charge in [-0.05, 0) is 43.5 Å². The van der Waals surface area contributed by atoms with Gasteiger partial charge in [-0.2, -0.15) is 0 Å². The van der Waals surface area contributed by atoms with E-state index in [-0.39, 0.29) is 29.3 Å². The van der Waals surface area contributed by atoms with E-state index in [1.54, 1.807) is 24.3 Å². The first-order valence-corrected chi connectivity index (χ1v) is 10.0. The van der Waals surface area contributed by atoms with Gasteiger partial charge in [0.1, 0.15) is 0 Å². The van der Waals surface area contributed by atoms with E-state index in [0.717, 1.165) is 37.7 Å². The molecular weight excluding hydrogens is 348 g/mol. The molecule has 1 aliphatic rings. The number of hydrogen-bond acceptors (Lipinski definition) is 4. The first kappa shape index (κ1) is 20.9. The Kier molecular flexibility index (Phi) is 8.73. The Hall–Kier alpha value is -1.11. The van der Waals surface area contributed by atoms with E-state index in [1.807, 2.05) is 0 Å². The molecule has 1 aromatic carbocycles. The van der Waals surface area contributed by atoms with Crippen molar-refractivity contribution in [2.75, 3.05) is 11.9 Å².